The quantitative estimate of drug-likeness (QED) is 0.771. The summed E-state index contributed by atoms with van der Waals surface area (Å²) in [5.41, 5.74) is 0. The van der Waals surface area contributed by atoms with Crippen molar-refractivity contribution in [3.05, 3.63) is 11.9 Å². The van der Waals surface area contributed by atoms with Gasteiger partial charge >= 0.3 is 0 Å². The van der Waals surface area contributed by atoms with Crippen molar-refractivity contribution < 1.29 is 4.74 Å². The lowest BCUT2D eigenvalue weighted by Gasteiger charge is -2.18. The van der Waals surface area contributed by atoms with Gasteiger partial charge in [-0.05, 0) is 6.42 Å². The van der Waals surface area contributed by atoms with Gasteiger partial charge in [-0.15, -0.1) is 0 Å². The zero-order chi connectivity index (χ0) is 14.1. The number of nitrogens with one attached hydrogen (secondary N) is 1. The van der Waals surface area contributed by atoms with Crippen LogP contribution < -0.4 is 10.2 Å². The van der Waals surface area contributed by atoms with Crippen molar-refractivity contribution in [2.24, 2.45) is 0 Å². The molecule has 0 aliphatic heterocycles. The minimum atomic E-state index is 0.376. The van der Waals surface area contributed by atoms with Crippen molar-refractivity contribution in [2.45, 2.75) is 26.4 Å². The molecule has 1 aromatic heterocycles. The summed E-state index contributed by atoms with van der Waals surface area (Å²) in [7, 11) is 3.54. The predicted molar refractivity (Wildman–Crippen MR) is 75.0 cm³/mol. The van der Waals surface area contributed by atoms with E-state index >= 15 is 0 Å². The maximum Gasteiger partial charge on any atom is 0.158 e. The van der Waals surface area contributed by atoms with E-state index in [0.29, 0.717) is 25.4 Å². The Hall–Kier alpha value is -1.87. The van der Waals surface area contributed by atoms with Crippen LogP contribution in [0, 0.1) is 11.3 Å². The Morgan fingerprint density at radius 3 is 2.89 bits per heavy atom. The molecule has 1 heterocycles. The minimum absolute atomic E-state index is 0.376. The molecule has 0 unspecified atom stereocenters. The number of methoxy groups -OCH3 is 1. The minimum Gasteiger partial charge on any atom is -0.377 e. The Morgan fingerprint density at radius 2 is 2.26 bits per heavy atom. The number of hydrogen-bond donors (Lipinski definition) is 1. The summed E-state index contributed by atoms with van der Waals surface area (Å²) in [6.07, 6.45) is 1.50. The number of aromatic nitrogens is 2. The molecule has 1 aromatic rings. The van der Waals surface area contributed by atoms with Gasteiger partial charge in [-0.1, -0.05) is 6.92 Å². The largest absolute Gasteiger partial charge is 0.377 e. The van der Waals surface area contributed by atoms with Crippen molar-refractivity contribution in [2.75, 3.05) is 37.5 Å². The second kappa shape index (κ2) is 8.27. The van der Waals surface area contributed by atoms with Gasteiger partial charge in [0.15, 0.2) is 5.82 Å². The zero-order valence-corrected chi connectivity index (χ0v) is 11.8. The van der Waals surface area contributed by atoms with Crippen LogP contribution in [-0.4, -0.2) is 37.2 Å². The molecule has 19 heavy (non-hydrogen) atoms. The number of nitrogens with zero attached hydrogens (tertiary/aromatic N) is 4. The van der Waals surface area contributed by atoms with Gasteiger partial charge in [-0.25, -0.2) is 9.97 Å². The molecule has 1 N–H and O–H groups in total. The van der Waals surface area contributed by atoms with E-state index in [1.54, 1.807) is 7.11 Å². The highest BCUT2D eigenvalue weighted by molar-refractivity contribution is 5.49. The molecule has 0 aliphatic carbocycles. The molecule has 0 aromatic carbocycles. The molecular formula is C13H21N5O. The molecule has 6 heteroatoms. The van der Waals surface area contributed by atoms with E-state index in [0.717, 1.165) is 24.6 Å². The molecule has 0 atom stereocenters. The van der Waals surface area contributed by atoms with E-state index in [-0.39, 0.29) is 0 Å². The fraction of sp³-hybridized carbons (Fsp3) is 0.615. The molecule has 0 spiro atoms. The lowest BCUT2D eigenvalue weighted by molar-refractivity contribution is 0.178. The molecule has 104 valence electrons. The Labute approximate surface area is 114 Å². The summed E-state index contributed by atoms with van der Waals surface area (Å²) in [4.78, 5) is 10.8. The SMILES string of the molecule is CCCNc1cc(N(C)CCC#N)nc(COC)n1. The monoisotopic (exact) mass is 263 g/mol. The van der Waals surface area contributed by atoms with Gasteiger partial charge < -0.3 is 15.0 Å². The molecule has 0 fully saturated rings. The number of nitriles is 1. The molecule has 0 bridgehead atoms. The number of rotatable bonds is 8. The van der Waals surface area contributed by atoms with Crippen molar-refractivity contribution in [1.29, 1.82) is 5.26 Å². The number of anilines is 2. The first-order valence-electron chi connectivity index (χ1n) is 6.40. The van der Waals surface area contributed by atoms with Crippen LogP contribution in [0.4, 0.5) is 11.6 Å². The molecule has 1 rings (SSSR count). The first-order chi connectivity index (χ1) is 9.21. The summed E-state index contributed by atoms with van der Waals surface area (Å²) < 4.78 is 5.08. The van der Waals surface area contributed by atoms with E-state index in [1.807, 2.05) is 18.0 Å². The van der Waals surface area contributed by atoms with Gasteiger partial charge in [0.2, 0.25) is 0 Å². The zero-order valence-electron chi connectivity index (χ0n) is 11.8. The second-order valence-electron chi connectivity index (χ2n) is 4.22. The van der Waals surface area contributed by atoms with E-state index in [9.17, 15) is 0 Å². The van der Waals surface area contributed by atoms with Crippen LogP contribution in [-0.2, 0) is 11.3 Å². The maximum absolute atomic E-state index is 8.63. The van der Waals surface area contributed by atoms with Crippen LogP contribution in [0.1, 0.15) is 25.6 Å². The second-order valence-corrected chi connectivity index (χ2v) is 4.22. The van der Waals surface area contributed by atoms with Crippen molar-refractivity contribution >= 4 is 11.6 Å². The molecule has 0 saturated heterocycles. The number of ether oxygens (including phenoxy) is 1. The summed E-state index contributed by atoms with van der Waals surface area (Å²) in [6, 6.07) is 4.03. The number of hydrogen-bond acceptors (Lipinski definition) is 6. The average Bonchev–Trinajstić information content (AvgIpc) is 2.42. The van der Waals surface area contributed by atoms with Crippen LogP contribution >= 0.6 is 0 Å². The van der Waals surface area contributed by atoms with Gasteiger partial charge in [-0.3, -0.25) is 0 Å². The fourth-order valence-electron chi connectivity index (χ4n) is 1.55. The third kappa shape index (κ3) is 5.10. The van der Waals surface area contributed by atoms with Crippen molar-refractivity contribution in [1.82, 2.24) is 9.97 Å². The normalized spacial score (nSPS) is 10.0. The Bertz CT molecular complexity index is 430. The Kier molecular flexibility index (Phi) is 6.61. The predicted octanol–water partition coefficient (Wildman–Crippen LogP) is 1.79. The van der Waals surface area contributed by atoms with Crippen LogP contribution in [0.25, 0.3) is 0 Å². The fourth-order valence-corrected chi connectivity index (χ4v) is 1.55. The highest BCUT2D eigenvalue weighted by atomic mass is 16.5. The molecule has 0 saturated carbocycles. The van der Waals surface area contributed by atoms with E-state index in [4.69, 9.17) is 10.00 Å². The Morgan fingerprint density at radius 1 is 1.47 bits per heavy atom. The summed E-state index contributed by atoms with van der Waals surface area (Å²) in [5.74, 6) is 2.24. The lowest BCUT2D eigenvalue weighted by atomic mass is 10.4. The van der Waals surface area contributed by atoms with Crippen molar-refractivity contribution in [3.8, 4) is 6.07 Å². The highest BCUT2D eigenvalue weighted by Gasteiger charge is 2.08. The van der Waals surface area contributed by atoms with E-state index in [2.05, 4.69) is 28.3 Å². The van der Waals surface area contributed by atoms with Crippen LogP contribution in [0.15, 0.2) is 6.07 Å². The standard InChI is InChI=1S/C13H21N5O/c1-4-7-15-11-9-13(18(2)8-5-6-14)17-12(16-11)10-19-3/h9H,4-5,7-8,10H2,1-3H3,(H,15,16,17). The van der Waals surface area contributed by atoms with Gasteiger partial charge in [0.1, 0.15) is 18.2 Å². The summed E-state index contributed by atoms with van der Waals surface area (Å²) >= 11 is 0. The smallest absolute Gasteiger partial charge is 0.158 e. The molecule has 0 radical (unpaired) electrons. The van der Waals surface area contributed by atoms with Crippen LogP contribution in [0.2, 0.25) is 0 Å². The molecule has 0 amide bonds. The molecule has 0 aliphatic rings. The molecular weight excluding hydrogens is 242 g/mol. The van der Waals surface area contributed by atoms with Crippen LogP contribution in [0.5, 0.6) is 0 Å². The molecule has 6 nitrogen and oxygen atoms in total. The average molecular weight is 263 g/mol. The topological polar surface area (TPSA) is 74.1 Å². The van der Waals surface area contributed by atoms with Gasteiger partial charge in [-0.2, -0.15) is 5.26 Å². The first kappa shape index (κ1) is 15.2. The Balaban J connectivity index is 2.88. The van der Waals surface area contributed by atoms with Gasteiger partial charge in [0, 0.05) is 33.3 Å². The van der Waals surface area contributed by atoms with Gasteiger partial charge in [0.05, 0.1) is 12.5 Å². The lowest BCUT2D eigenvalue weighted by Crippen LogP contribution is -2.21. The van der Waals surface area contributed by atoms with Crippen molar-refractivity contribution in [3.63, 3.8) is 0 Å². The third-order valence-corrected chi connectivity index (χ3v) is 2.54. The maximum atomic E-state index is 8.63. The van der Waals surface area contributed by atoms with E-state index in [1.165, 1.54) is 0 Å². The third-order valence-electron chi connectivity index (χ3n) is 2.54. The highest BCUT2D eigenvalue weighted by Crippen LogP contribution is 2.15. The summed E-state index contributed by atoms with van der Waals surface area (Å²) in [6.45, 7) is 3.99. The van der Waals surface area contributed by atoms with Crippen LogP contribution in [0.3, 0.4) is 0 Å². The summed E-state index contributed by atoms with van der Waals surface area (Å²) in [5, 5.41) is 11.9. The first-order valence-corrected chi connectivity index (χ1v) is 6.40. The van der Waals surface area contributed by atoms with E-state index < -0.39 is 0 Å². The van der Waals surface area contributed by atoms with Gasteiger partial charge in [0.25, 0.3) is 0 Å².